The van der Waals surface area contributed by atoms with E-state index < -0.39 is 10.0 Å². The van der Waals surface area contributed by atoms with Crippen LogP contribution in [0.4, 0.5) is 5.69 Å². The fourth-order valence-electron chi connectivity index (χ4n) is 1.26. The number of halogens is 1. The van der Waals surface area contributed by atoms with Gasteiger partial charge in [0.15, 0.2) is 0 Å². The van der Waals surface area contributed by atoms with Gasteiger partial charge in [-0.3, -0.25) is 0 Å². The Kier molecular flexibility index (Phi) is 3.83. The van der Waals surface area contributed by atoms with Crippen molar-refractivity contribution in [2.45, 2.75) is 18.7 Å². The van der Waals surface area contributed by atoms with Gasteiger partial charge in [0.05, 0.1) is 15.6 Å². The van der Waals surface area contributed by atoms with Gasteiger partial charge in [0.1, 0.15) is 0 Å². The predicted molar refractivity (Wildman–Crippen MR) is 66.1 cm³/mol. The lowest BCUT2D eigenvalue weighted by Crippen LogP contribution is -2.26. The van der Waals surface area contributed by atoms with E-state index in [0.29, 0.717) is 17.1 Å². The molecule has 6 heteroatoms. The molecule has 2 N–H and O–H groups in total. The molecule has 0 aromatic heterocycles. The molecule has 0 saturated carbocycles. The summed E-state index contributed by atoms with van der Waals surface area (Å²) >= 11 is 5.88. The van der Waals surface area contributed by atoms with Crippen molar-refractivity contribution in [2.75, 3.05) is 19.3 Å². The van der Waals surface area contributed by atoms with E-state index >= 15 is 0 Å². The van der Waals surface area contributed by atoms with Crippen LogP contribution in [0.1, 0.15) is 12.5 Å². The summed E-state index contributed by atoms with van der Waals surface area (Å²) in [4.78, 5) is 0.177. The van der Waals surface area contributed by atoms with Crippen molar-refractivity contribution in [3.8, 4) is 0 Å². The summed E-state index contributed by atoms with van der Waals surface area (Å²) in [6, 6.07) is 2.91. The van der Waals surface area contributed by atoms with Crippen LogP contribution in [0.3, 0.4) is 0 Å². The third-order valence-electron chi connectivity index (χ3n) is 2.41. The Hall–Kier alpha value is -0.780. The van der Waals surface area contributed by atoms with E-state index in [1.54, 1.807) is 13.8 Å². The number of anilines is 1. The number of hydrogen-bond acceptors (Lipinski definition) is 3. The minimum Gasteiger partial charge on any atom is -0.397 e. The van der Waals surface area contributed by atoms with Crippen LogP contribution in [-0.4, -0.2) is 26.3 Å². The van der Waals surface area contributed by atoms with Crippen molar-refractivity contribution >= 4 is 27.3 Å². The molecule has 1 rings (SSSR count). The highest BCUT2D eigenvalue weighted by Gasteiger charge is 2.20. The number of nitrogens with two attached hydrogens (primary N) is 1. The highest BCUT2D eigenvalue weighted by molar-refractivity contribution is 7.89. The Bertz CT molecular complexity index is 477. The van der Waals surface area contributed by atoms with Crippen molar-refractivity contribution in [1.82, 2.24) is 4.31 Å². The molecule has 0 heterocycles. The summed E-state index contributed by atoms with van der Waals surface area (Å²) in [5.74, 6) is 0. The lowest BCUT2D eigenvalue weighted by Gasteiger charge is -2.16. The average molecular weight is 263 g/mol. The van der Waals surface area contributed by atoms with Crippen molar-refractivity contribution in [1.29, 1.82) is 0 Å². The van der Waals surface area contributed by atoms with Crippen molar-refractivity contribution < 1.29 is 8.42 Å². The van der Waals surface area contributed by atoms with Crippen LogP contribution in [0, 0.1) is 6.92 Å². The van der Waals surface area contributed by atoms with E-state index in [2.05, 4.69) is 0 Å². The second-order valence-electron chi connectivity index (χ2n) is 3.56. The highest BCUT2D eigenvalue weighted by Crippen LogP contribution is 2.27. The third kappa shape index (κ3) is 2.31. The van der Waals surface area contributed by atoms with E-state index in [0.717, 1.165) is 0 Å². The first-order valence-electron chi connectivity index (χ1n) is 4.82. The minimum atomic E-state index is -3.46. The number of aryl methyl sites for hydroxylation is 1. The summed E-state index contributed by atoms with van der Waals surface area (Å²) in [6.45, 7) is 3.90. The first-order valence-corrected chi connectivity index (χ1v) is 6.64. The molecule has 0 spiro atoms. The van der Waals surface area contributed by atoms with Gasteiger partial charge in [-0.1, -0.05) is 18.5 Å². The minimum absolute atomic E-state index is 0.177. The Morgan fingerprint density at radius 2 is 2.00 bits per heavy atom. The van der Waals surface area contributed by atoms with Crippen molar-refractivity contribution in [3.05, 3.63) is 22.7 Å². The summed E-state index contributed by atoms with van der Waals surface area (Å²) in [5, 5.41) is 0.401. The molecule has 0 aliphatic rings. The fraction of sp³-hybridized carbons (Fsp3) is 0.400. The van der Waals surface area contributed by atoms with Crippen LogP contribution in [0.2, 0.25) is 5.02 Å². The molecule has 0 aliphatic heterocycles. The normalized spacial score (nSPS) is 12.1. The van der Waals surface area contributed by atoms with Gasteiger partial charge >= 0.3 is 0 Å². The summed E-state index contributed by atoms with van der Waals surface area (Å²) < 4.78 is 25.3. The van der Waals surface area contributed by atoms with Crippen LogP contribution >= 0.6 is 11.6 Å². The number of rotatable bonds is 3. The largest absolute Gasteiger partial charge is 0.397 e. The van der Waals surface area contributed by atoms with E-state index in [-0.39, 0.29) is 10.6 Å². The second kappa shape index (κ2) is 4.61. The summed E-state index contributed by atoms with van der Waals surface area (Å²) in [6.07, 6.45) is 0. The molecule has 16 heavy (non-hydrogen) atoms. The van der Waals surface area contributed by atoms with Crippen LogP contribution in [-0.2, 0) is 10.0 Å². The molecule has 90 valence electrons. The molecule has 0 amide bonds. The van der Waals surface area contributed by atoms with Gasteiger partial charge in [0.2, 0.25) is 10.0 Å². The maximum atomic E-state index is 12.0. The molecule has 0 aliphatic carbocycles. The molecule has 0 fully saturated rings. The SMILES string of the molecule is CCN(C)S(=O)(=O)c1cc(C)c(Cl)c(N)c1. The maximum absolute atomic E-state index is 12.0. The number of nitrogens with zero attached hydrogens (tertiary/aromatic N) is 1. The first-order chi connectivity index (χ1) is 7.30. The van der Waals surface area contributed by atoms with Crippen molar-refractivity contribution in [3.63, 3.8) is 0 Å². The lowest BCUT2D eigenvalue weighted by molar-refractivity contribution is 0.486. The average Bonchev–Trinajstić information content (AvgIpc) is 2.23. The van der Waals surface area contributed by atoms with Gasteiger partial charge in [-0.15, -0.1) is 0 Å². The fourth-order valence-corrected chi connectivity index (χ4v) is 2.67. The number of sulfonamides is 1. The number of hydrogen-bond donors (Lipinski definition) is 1. The molecule has 1 aromatic carbocycles. The van der Waals surface area contributed by atoms with Crippen LogP contribution < -0.4 is 5.73 Å². The molecular formula is C10H15ClN2O2S. The third-order valence-corrected chi connectivity index (χ3v) is 4.84. The summed E-state index contributed by atoms with van der Waals surface area (Å²) in [5.41, 5.74) is 6.58. The van der Waals surface area contributed by atoms with Gasteiger partial charge in [-0.25, -0.2) is 12.7 Å². The van der Waals surface area contributed by atoms with E-state index in [4.69, 9.17) is 17.3 Å². The standard InChI is InChI=1S/C10H15ClN2O2S/c1-4-13(3)16(14,15)8-5-7(2)10(11)9(12)6-8/h5-6H,4,12H2,1-3H3. The van der Waals surface area contributed by atoms with Crippen LogP contribution in [0.5, 0.6) is 0 Å². The zero-order chi connectivity index (χ0) is 12.5. The Morgan fingerprint density at radius 1 is 1.44 bits per heavy atom. The van der Waals surface area contributed by atoms with Crippen LogP contribution in [0.25, 0.3) is 0 Å². The van der Waals surface area contributed by atoms with Gasteiger partial charge in [-0.2, -0.15) is 0 Å². The Morgan fingerprint density at radius 3 is 2.44 bits per heavy atom. The number of nitrogen functional groups attached to an aromatic ring is 1. The van der Waals surface area contributed by atoms with Crippen LogP contribution in [0.15, 0.2) is 17.0 Å². The molecule has 0 bridgehead atoms. The van der Waals surface area contributed by atoms with Gasteiger partial charge in [-0.05, 0) is 24.6 Å². The second-order valence-corrected chi connectivity index (χ2v) is 5.99. The van der Waals surface area contributed by atoms with Gasteiger partial charge in [0, 0.05) is 13.6 Å². The molecule has 0 unspecified atom stereocenters. The molecule has 1 aromatic rings. The molecule has 0 saturated heterocycles. The highest BCUT2D eigenvalue weighted by atomic mass is 35.5. The first kappa shape index (κ1) is 13.3. The van der Waals surface area contributed by atoms with Gasteiger partial charge in [0.25, 0.3) is 0 Å². The quantitative estimate of drug-likeness (QED) is 0.846. The molecule has 4 nitrogen and oxygen atoms in total. The number of benzene rings is 1. The Balaban J connectivity index is 3.36. The lowest BCUT2D eigenvalue weighted by atomic mass is 10.2. The predicted octanol–water partition coefficient (Wildman–Crippen LogP) is 1.87. The zero-order valence-electron chi connectivity index (χ0n) is 9.49. The smallest absolute Gasteiger partial charge is 0.242 e. The summed E-state index contributed by atoms with van der Waals surface area (Å²) in [7, 11) is -1.93. The molecule has 0 radical (unpaired) electrons. The molecular weight excluding hydrogens is 248 g/mol. The van der Waals surface area contributed by atoms with E-state index in [1.165, 1.54) is 23.5 Å². The monoisotopic (exact) mass is 262 g/mol. The Labute approximate surface area is 101 Å². The zero-order valence-corrected chi connectivity index (χ0v) is 11.1. The maximum Gasteiger partial charge on any atom is 0.242 e. The molecule has 0 atom stereocenters. The van der Waals surface area contributed by atoms with Crippen molar-refractivity contribution in [2.24, 2.45) is 0 Å². The van der Waals surface area contributed by atoms with Gasteiger partial charge < -0.3 is 5.73 Å². The van der Waals surface area contributed by atoms with E-state index in [9.17, 15) is 8.42 Å². The van der Waals surface area contributed by atoms with E-state index in [1.807, 2.05) is 0 Å². The topological polar surface area (TPSA) is 63.4 Å².